The zero-order chi connectivity index (χ0) is 15.4. The number of hydrogen-bond acceptors (Lipinski definition) is 3. The lowest BCUT2D eigenvalue weighted by molar-refractivity contribution is -0.384. The SMILES string of the molecule is Cn1cc([N+](=O)[O-])cc1C(=O)NCC1CCCCC1CBr. The number of amides is 1. The number of halogens is 1. The molecule has 1 aromatic rings. The molecule has 0 aromatic carbocycles. The van der Waals surface area contributed by atoms with E-state index in [0.29, 0.717) is 24.1 Å². The van der Waals surface area contributed by atoms with Crippen LogP contribution in [0.5, 0.6) is 0 Å². The van der Waals surface area contributed by atoms with Crippen molar-refractivity contribution in [2.45, 2.75) is 25.7 Å². The van der Waals surface area contributed by atoms with Crippen LogP contribution in [-0.4, -0.2) is 27.3 Å². The fourth-order valence-electron chi connectivity index (χ4n) is 2.94. The van der Waals surface area contributed by atoms with Gasteiger partial charge < -0.3 is 9.88 Å². The Labute approximate surface area is 132 Å². The van der Waals surface area contributed by atoms with Crippen molar-refractivity contribution in [3.63, 3.8) is 0 Å². The fraction of sp³-hybridized carbons (Fsp3) is 0.643. The van der Waals surface area contributed by atoms with Crippen LogP contribution in [0.3, 0.4) is 0 Å². The molecule has 1 N–H and O–H groups in total. The Balaban J connectivity index is 1.96. The Bertz CT molecular complexity index is 530. The maximum atomic E-state index is 12.2. The molecular weight excluding hydrogens is 338 g/mol. The van der Waals surface area contributed by atoms with E-state index in [0.717, 1.165) is 11.8 Å². The highest BCUT2D eigenvalue weighted by atomic mass is 79.9. The molecule has 21 heavy (non-hydrogen) atoms. The molecule has 1 aliphatic carbocycles. The predicted octanol–water partition coefficient (Wildman–Crippen LogP) is 2.86. The molecule has 1 amide bonds. The maximum absolute atomic E-state index is 12.2. The third kappa shape index (κ3) is 3.84. The summed E-state index contributed by atoms with van der Waals surface area (Å²) in [5.41, 5.74) is 0.270. The molecule has 7 heteroatoms. The van der Waals surface area contributed by atoms with Gasteiger partial charge in [0.2, 0.25) is 0 Å². The lowest BCUT2D eigenvalue weighted by Crippen LogP contribution is -2.35. The van der Waals surface area contributed by atoms with Gasteiger partial charge in [-0.3, -0.25) is 14.9 Å². The molecule has 0 radical (unpaired) electrons. The second-order valence-corrected chi connectivity index (χ2v) is 6.27. The third-order valence-electron chi connectivity index (χ3n) is 4.22. The number of nitro groups is 1. The van der Waals surface area contributed by atoms with Crippen LogP contribution < -0.4 is 5.32 Å². The normalized spacial score (nSPS) is 22.0. The molecule has 1 fully saturated rings. The van der Waals surface area contributed by atoms with E-state index in [1.807, 2.05) is 0 Å². The van der Waals surface area contributed by atoms with Crippen molar-refractivity contribution in [3.8, 4) is 0 Å². The molecular formula is C14H20BrN3O3. The van der Waals surface area contributed by atoms with E-state index in [1.54, 1.807) is 7.05 Å². The molecule has 0 aliphatic heterocycles. The van der Waals surface area contributed by atoms with E-state index in [9.17, 15) is 14.9 Å². The standard InChI is InChI=1S/C14H20BrN3O3/c1-17-9-12(18(20)21)6-13(17)14(19)16-8-11-5-3-2-4-10(11)7-15/h6,9-11H,2-5,7-8H2,1H3,(H,16,19). The molecule has 0 saturated heterocycles. The largest absolute Gasteiger partial charge is 0.350 e. The molecule has 0 spiro atoms. The van der Waals surface area contributed by atoms with Gasteiger partial charge in [0.05, 0.1) is 11.1 Å². The molecule has 1 aliphatic rings. The summed E-state index contributed by atoms with van der Waals surface area (Å²) in [6.45, 7) is 0.633. The topological polar surface area (TPSA) is 77.2 Å². The van der Waals surface area contributed by atoms with Gasteiger partial charge in [-0.05, 0) is 24.7 Å². The van der Waals surface area contributed by atoms with E-state index in [-0.39, 0.29) is 11.6 Å². The number of alkyl halides is 1. The first kappa shape index (κ1) is 16.0. The van der Waals surface area contributed by atoms with Crippen molar-refractivity contribution in [2.24, 2.45) is 18.9 Å². The third-order valence-corrected chi connectivity index (χ3v) is 5.06. The molecule has 2 atom stereocenters. The van der Waals surface area contributed by atoms with Gasteiger partial charge in [0.25, 0.3) is 11.6 Å². The van der Waals surface area contributed by atoms with Gasteiger partial charge in [0, 0.05) is 25.0 Å². The summed E-state index contributed by atoms with van der Waals surface area (Å²) in [6, 6.07) is 1.32. The fourth-order valence-corrected chi connectivity index (χ4v) is 3.80. The van der Waals surface area contributed by atoms with Gasteiger partial charge in [0.15, 0.2) is 0 Å². The van der Waals surface area contributed by atoms with Gasteiger partial charge in [-0.1, -0.05) is 28.8 Å². The average Bonchev–Trinajstić information content (AvgIpc) is 2.87. The summed E-state index contributed by atoms with van der Waals surface area (Å²) in [4.78, 5) is 22.4. The van der Waals surface area contributed by atoms with Crippen LogP contribution in [0.2, 0.25) is 0 Å². The summed E-state index contributed by atoms with van der Waals surface area (Å²) >= 11 is 3.54. The van der Waals surface area contributed by atoms with Crippen molar-refractivity contribution in [3.05, 3.63) is 28.1 Å². The van der Waals surface area contributed by atoms with Crippen LogP contribution >= 0.6 is 15.9 Å². The number of aromatic nitrogens is 1. The minimum absolute atomic E-state index is 0.0568. The van der Waals surface area contributed by atoms with Crippen LogP contribution in [0.25, 0.3) is 0 Å². The van der Waals surface area contributed by atoms with Gasteiger partial charge in [-0.15, -0.1) is 0 Å². The van der Waals surface area contributed by atoms with Crippen LogP contribution in [-0.2, 0) is 7.05 Å². The molecule has 1 heterocycles. The van der Waals surface area contributed by atoms with Gasteiger partial charge in [-0.2, -0.15) is 0 Å². The van der Waals surface area contributed by atoms with Gasteiger partial charge >= 0.3 is 0 Å². The lowest BCUT2D eigenvalue weighted by Gasteiger charge is -2.30. The van der Waals surface area contributed by atoms with E-state index in [2.05, 4.69) is 21.2 Å². The van der Waals surface area contributed by atoms with E-state index in [1.165, 1.54) is 36.1 Å². The minimum atomic E-state index is -0.487. The molecule has 1 saturated carbocycles. The second-order valence-electron chi connectivity index (χ2n) is 5.62. The van der Waals surface area contributed by atoms with Crippen molar-refractivity contribution in [1.29, 1.82) is 0 Å². The number of carbonyl (C=O) groups is 1. The monoisotopic (exact) mass is 357 g/mol. The molecule has 0 bridgehead atoms. The van der Waals surface area contributed by atoms with Gasteiger partial charge in [-0.25, -0.2) is 0 Å². The quantitative estimate of drug-likeness (QED) is 0.500. The highest BCUT2D eigenvalue weighted by molar-refractivity contribution is 9.09. The van der Waals surface area contributed by atoms with E-state index < -0.39 is 4.92 Å². The highest BCUT2D eigenvalue weighted by Gasteiger charge is 2.25. The van der Waals surface area contributed by atoms with Crippen molar-refractivity contribution in [1.82, 2.24) is 9.88 Å². The zero-order valence-electron chi connectivity index (χ0n) is 12.0. The molecule has 2 rings (SSSR count). The number of aryl methyl sites for hydroxylation is 1. The molecule has 2 unspecified atom stereocenters. The minimum Gasteiger partial charge on any atom is -0.350 e. The van der Waals surface area contributed by atoms with Crippen LogP contribution in [0.15, 0.2) is 12.3 Å². The van der Waals surface area contributed by atoms with Crippen molar-refractivity contribution in [2.75, 3.05) is 11.9 Å². The Morgan fingerprint density at radius 3 is 2.71 bits per heavy atom. The second kappa shape index (κ2) is 7.06. The number of nitrogens with zero attached hydrogens (tertiary/aromatic N) is 2. The number of nitrogens with one attached hydrogen (secondary N) is 1. The first-order chi connectivity index (χ1) is 10.0. The Morgan fingerprint density at radius 1 is 1.48 bits per heavy atom. The van der Waals surface area contributed by atoms with Crippen molar-refractivity contribution >= 4 is 27.5 Å². The van der Waals surface area contributed by atoms with E-state index >= 15 is 0 Å². The Kier molecular flexibility index (Phi) is 5.39. The van der Waals surface area contributed by atoms with Crippen LogP contribution in [0.1, 0.15) is 36.2 Å². The summed E-state index contributed by atoms with van der Waals surface area (Å²) in [5.74, 6) is 0.837. The summed E-state index contributed by atoms with van der Waals surface area (Å²) in [6.07, 6.45) is 6.15. The molecule has 116 valence electrons. The Hall–Kier alpha value is -1.37. The average molecular weight is 358 g/mol. The smallest absolute Gasteiger partial charge is 0.287 e. The van der Waals surface area contributed by atoms with Gasteiger partial charge in [0.1, 0.15) is 5.69 Å². The predicted molar refractivity (Wildman–Crippen MR) is 83.6 cm³/mol. The summed E-state index contributed by atoms with van der Waals surface area (Å²) in [5, 5.41) is 14.6. The van der Waals surface area contributed by atoms with Crippen molar-refractivity contribution < 1.29 is 9.72 Å². The summed E-state index contributed by atoms with van der Waals surface area (Å²) in [7, 11) is 1.64. The molecule has 1 aromatic heterocycles. The number of carbonyl (C=O) groups excluding carboxylic acids is 1. The zero-order valence-corrected chi connectivity index (χ0v) is 13.6. The molecule has 6 nitrogen and oxygen atoms in total. The lowest BCUT2D eigenvalue weighted by atomic mass is 9.80. The summed E-state index contributed by atoms with van der Waals surface area (Å²) < 4.78 is 1.50. The number of rotatable bonds is 5. The maximum Gasteiger partial charge on any atom is 0.287 e. The Morgan fingerprint density at radius 2 is 2.14 bits per heavy atom. The first-order valence-electron chi connectivity index (χ1n) is 7.18. The van der Waals surface area contributed by atoms with Crippen LogP contribution in [0, 0.1) is 22.0 Å². The highest BCUT2D eigenvalue weighted by Crippen LogP contribution is 2.30. The van der Waals surface area contributed by atoms with E-state index in [4.69, 9.17) is 0 Å². The first-order valence-corrected chi connectivity index (χ1v) is 8.30. The van der Waals surface area contributed by atoms with Crippen LogP contribution in [0.4, 0.5) is 5.69 Å². The number of hydrogen-bond donors (Lipinski definition) is 1.